The van der Waals surface area contributed by atoms with Crippen molar-refractivity contribution in [2.24, 2.45) is 11.8 Å². The molecule has 37 heavy (non-hydrogen) atoms. The quantitative estimate of drug-likeness (QED) is 0.246. The lowest BCUT2D eigenvalue weighted by molar-refractivity contribution is 0.284. The van der Waals surface area contributed by atoms with E-state index in [4.69, 9.17) is 0 Å². The molecule has 1 fully saturated rings. The average Bonchev–Trinajstić information content (AvgIpc) is 2.94. The van der Waals surface area contributed by atoms with Crippen molar-refractivity contribution in [3.63, 3.8) is 0 Å². The van der Waals surface area contributed by atoms with Crippen LogP contribution in [0.25, 0.3) is 21.7 Å². The minimum Gasteiger partial charge on any atom is -0.395 e. The Morgan fingerprint density at radius 3 is 2.24 bits per heavy atom. The van der Waals surface area contributed by atoms with E-state index in [1.807, 2.05) is 54.6 Å². The Hall–Kier alpha value is -3.27. The summed E-state index contributed by atoms with van der Waals surface area (Å²) in [6.07, 6.45) is 4.01. The van der Waals surface area contributed by atoms with E-state index in [0.29, 0.717) is 41.6 Å². The predicted octanol–water partition coefficient (Wildman–Crippen LogP) is 4.38. The minimum atomic E-state index is -3.58. The summed E-state index contributed by atoms with van der Waals surface area (Å²) < 4.78 is 29.0. The fourth-order valence-corrected chi connectivity index (χ4v) is 6.42. The first-order valence-corrected chi connectivity index (χ1v) is 14.3. The first-order chi connectivity index (χ1) is 18.0. The van der Waals surface area contributed by atoms with Crippen molar-refractivity contribution in [2.75, 3.05) is 36.9 Å². The van der Waals surface area contributed by atoms with Crippen molar-refractivity contribution in [1.29, 1.82) is 0 Å². The van der Waals surface area contributed by atoms with Gasteiger partial charge in [0.05, 0.1) is 17.0 Å². The van der Waals surface area contributed by atoms with Crippen LogP contribution in [0.4, 0.5) is 11.8 Å². The van der Waals surface area contributed by atoms with E-state index in [2.05, 4.69) is 25.3 Å². The molecule has 0 aliphatic heterocycles. The van der Waals surface area contributed by atoms with Gasteiger partial charge in [0.25, 0.3) is 0 Å². The van der Waals surface area contributed by atoms with Gasteiger partial charge in [0.15, 0.2) is 0 Å². The van der Waals surface area contributed by atoms with Gasteiger partial charge in [-0.15, -0.1) is 0 Å². The number of hydrogen-bond acceptors (Lipinski definition) is 7. The highest BCUT2D eigenvalue weighted by Crippen LogP contribution is 2.30. The van der Waals surface area contributed by atoms with Crippen LogP contribution in [0.1, 0.15) is 25.7 Å². The number of nitrogens with one attached hydrogen (secondary N) is 3. The van der Waals surface area contributed by atoms with Crippen molar-refractivity contribution in [3.8, 4) is 0 Å². The molecule has 1 heterocycles. The van der Waals surface area contributed by atoms with Gasteiger partial charge < -0.3 is 15.7 Å². The maximum absolute atomic E-state index is 13.0. The molecule has 0 spiro atoms. The lowest BCUT2D eigenvalue weighted by Gasteiger charge is -2.28. The van der Waals surface area contributed by atoms with Crippen LogP contribution < -0.4 is 15.4 Å². The van der Waals surface area contributed by atoms with Crippen molar-refractivity contribution in [3.05, 3.63) is 66.7 Å². The summed E-state index contributed by atoms with van der Waals surface area (Å²) in [7, 11) is -3.58. The molecule has 3 aromatic carbocycles. The smallest absolute Gasteiger partial charge is 0.241 e. The molecule has 8 nitrogen and oxygen atoms in total. The fourth-order valence-electron chi connectivity index (χ4n) is 5.08. The van der Waals surface area contributed by atoms with E-state index in [9.17, 15) is 13.5 Å². The predicted molar refractivity (Wildman–Crippen MR) is 148 cm³/mol. The van der Waals surface area contributed by atoms with Crippen LogP contribution in [-0.2, 0) is 10.0 Å². The van der Waals surface area contributed by atoms with Gasteiger partial charge in [0.1, 0.15) is 5.82 Å². The van der Waals surface area contributed by atoms with Crippen LogP contribution in [0.3, 0.4) is 0 Å². The summed E-state index contributed by atoms with van der Waals surface area (Å²) in [6.45, 7) is 1.68. The van der Waals surface area contributed by atoms with Crippen LogP contribution in [0.2, 0.25) is 0 Å². The number of sulfonamides is 1. The van der Waals surface area contributed by atoms with E-state index in [1.54, 1.807) is 12.1 Å². The molecule has 1 aliphatic carbocycles. The van der Waals surface area contributed by atoms with E-state index < -0.39 is 10.0 Å². The Morgan fingerprint density at radius 1 is 0.784 bits per heavy atom. The molecule has 4 aromatic rings. The summed E-state index contributed by atoms with van der Waals surface area (Å²) in [5, 5.41) is 18.3. The molecule has 0 amide bonds. The second kappa shape index (κ2) is 11.4. The van der Waals surface area contributed by atoms with Gasteiger partial charge in [0, 0.05) is 30.4 Å². The molecule has 0 atom stereocenters. The first-order valence-electron chi connectivity index (χ1n) is 12.9. The third kappa shape index (κ3) is 6.01. The molecule has 0 unspecified atom stereocenters. The van der Waals surface area contributed by atoms with Gasteiger partial charge in [-0.05, 0) is 61.1 Å². The Kier molecular flexibility index (Phi) is 7.83. The minimum absolute atomic E-state index is 0.0302. The van der Waals surface area contributed by atoms with Crippen molar-refractivity contribution >= 4 is 43.5 Å². The standard InChI is InChI=1S/C28H33N5O3S/c34-17-16-29-27-24-9-3-4-10-25(24)32-28(33-27)30-18-20-12-14-21(15-13-20)19-31-37(35,36)26-11-5-7-22-6-1-2-8-23(22)26/h1-11,20-21,31,34H,12-19H2,(H2,29,30,32,33)/t20-,21-. The number of hydrogen-bond donors (Lipinski definition) is 4. The van der Waals surface area contributed by atoms with Crippen LogP contribution in [0, 0.1) is 11.8 Å². The number of para-hydroxylation sites is 1. The second-order valence-corrected chi connectivity index (χ2v) is 11.4. The lowest BCUT2D eigenvalue weighted by Crippen LogP contribution is -2.32. The molecule has 4 N–H and O–H groups in total. The number of fused-ring (bicyclic) bond motifs is 2. The Balaban J connectivity index is 1.14. The first kappa shape index (κ1) is 25.4. The summed E-state index contributed by atoms with van der Waals surface area (Å²) in [6, 6.07) is 20.8. The van der Waals surface area contributed by atoms with Crippen LogP contribution in [-0.4, -0.2) is 49.7 Å². The lowest BCUT2D eigenvalue weighted by atomic mass is 9.82. The van der Waals surface area contributed by atoms with E-state index in [1.165, 1.54) is 0 Å². The average molecular weight is 520 g/mol. The number of aliphatic hydroxyl groups is 1. The highest BCUT2D eigenvalue weighted by Gasteiger charge is 2.24. The second-order valence-electron chi connectivity index (χ2n) is 9.66. The van der Waals surface area contributed by atoms with Gasteiger partial charge in [-0.25, -0.2) is 18.1 Å². The summed E-state index contributed by atoms with van der Waals surface area (Å²) in [5.41, 5.74) is 0.850. The number of anilines is 2. The molecule has 9 heteroatoms. The molecule has 1 aromatic heterocycles. The van der Waals surface area contributed by atoms with Gasteiger partial charge >= 0.3 is 0 Å². The van der Waals surface area contributed by atoms with Crippen molar-refractivity contribution in [2.45, 2.75) is 30.6 Å². The van der Waals surface area contributed by atoms with Crippen molar-refractivity contribution in [1.82, 2.24) is 14.7 Å². The topological polar surface area (TPSA) is 116 Å². The highest BCUT2D eigenvalue weighted by atomic mass is 32.2. The maximum atomic E-state index is 13.0. The molecule has 5 rings (SSSR count). The largest absolute Gasteiger partial charge is 0.395 e. The number of rotatable bonds is 10. The summed E-state index contributed by atoms with van der Waals surface area (Å²) in [4.78, 5) is 9.61. The third-order valence-electron chi connectivity index (χ3n) is 7.12. The molecule has 0 bridgehead atoms. The van der Waals surface area contributed by atoms with Gasteiger partial charge in [0.2, 0.25) is 16.0 Å². The molecule has 1 aliphatic rings. The summed E-state index contributed by atoms with van der Waals surface area (Å²) >= 11 is 0. The summed E-state index contributed by atoms with van der Waals surface area (Å²) in [5.74, 6) is 2.09. The van der Waals surface area contributed by atoms with Crippen LogP contribution >= 0.6 is 0 Å². The maximum Gasteiger partial charge on any atom is 0.241 e. The van der Waals surface area contributed by atoms with Gasteiger partial charge in [-0.2, -0.15) is 4.98 Å². The molecule has 0 saturated heterocycles. The Bertz CT molecular complexity index is 1460. The zero-order valence-corrected chi connectivity index (χ0v) is 21.5. The zero-order valence-electron chi connectivity index (χ0n) is 20.7. The molecular formula is C28H33N5O3S. The fraction of sp³-hybridized carbons (Fsp3) is 0.357. The Morgan fingerprint density at radius 2 is 1.46 bits per heavy atom. The number of aromatic nitrogens is 2. The van der Waals surface area contributed by atoms with E-state index in [-0.39, 0.29) is 6.61 Å². The highest BCUT2D eigenvalue weighted by molar-refractivity contribution is 7.89. The molecule has 0 radical (unpaired) electrons. The number of benzene rings is 3. The normalized spacial score (nSPS) is 18.2. The van der Waals surface area contributed by atoms with Gasteiger partial charge in [-0.3, -0.25) is 0 Å². The number of nitrogens with zero attached hydrogens (tertiary/aromatic N) is 2. The number of aliphatic hydroxyl groups excluding tert-OH is 1. The molecule has 194 valence electrons. The zero-order chi connectivity index (χ0) is 25.7. The van der Waals surface area contributed by atoms with E-state index >= 15 is 0 Å². The van der Waals surface area contributed by atoms with Crippen LogP contribution in [0.15, 0.2) is 71.6 Å². The van der Waals surface area contributed by atoms with E-state index in [0.717, 1.165) is 53.9 Å². The molecular weight excluding hydrogens is 486 g/mol. The van der Waals surface area contributed by atoms with Gasteiger partial charge in [-0.1, -0.05) is 48.5 Å². The monoisotopic (exact) mass is 519 g/mol. The third-order valence-corrected chi connectivity index (χ3v) is 8.61. The SMILES string of the molecule is O=S(=O)(NC[C@H]1CC[C@H](CNc2nc(NCCO)c3ccccc3n2)CC1)c1cccc2ccccc12. The van der Waals surface area contributed by atoms with Crippen molar-refractivity contribution < 1.29 is 13.5 Å². The Labute approximate surface area is 217 Å². The molecule has 1 saturated carbocycles. The van der Waals surface area contributed by atoms with Crippen LogP contribution in [0.5, 0.6) is 0 Å².